The number of nitrogens with one attached hydrogen (secondary N) is 3. The number of fused-ring (bicyclic) bond motifs is 2. The molecule has 4 N–H and O–H groups in total. The summed E-state index contributed by atoms with van der Waals surface area (Å²) in [5.74, 6) is -0.0976. The number of benzene rings is 2. The van der Waals surface area contributed by atoms with Crippen LogP contribution in [0.3, 0.4) is 0 Å². The van der Waals surface area contributed by atoms with E-state index in [1.165, 1.54) is 23.1 Å². The number of hydrogen-bond donors (Lipinski definition) is 4. The highest BCUT2D eigenvalue weighted by atomic mass is 19.1. The average molecular weight is 567 g/mol. The molecule has 2 unspecified atom stereocenters. The molecule has 0 spiro atoms. The first-order chi connectivity index (χ1) is 19.0. The molecule has 1 fully saturated rings. The molecule has 220 valence electrons. The standard InChI is InChI=1S/C31H39FN4O5/c1-16(2)31(7)15-24(37)36(28(33)35-31)21-14-29(3,4)40-22-10-8-17(12-19(21)22)27(39)34-25-20-13-18(32)9-11-23(20)41-30(5,6)26(25)38/h8-13,16,21,25-26,38H,14-15H2,1-7H3,(H2,33,35)(H,34,39)/t21?,25-,26+,31?/m1/s1. The number of carbonyl (C=O) groups is 2. The van der Waals surface area contributed by atoms with Gasteiger partial charge in [-0.2, -0.15) is 0 Å². The molecule has 0 aliphatic carbocycles. The summed E-state index contributed by atoms with van der Waals surface area (Å²) in [6.07, 6.45) is -0.505. The van der Waals surface area contributed by atoms with Gasteiger partial charge in [0.1, 0.15) is 34.6 Å². The van der Waals surface area contributed by atoms with E-state index in [0.717, 1.165) is 0 Å². The molecular weight excluding hydrogens is 527 g/mol. The van der Waals surface area contributed by atoms with Crippen molar-refractivity contribution in [1.82, 2.24) is 15.5 Å². The lowest BCUT2D eigenvalue weighted by molar-refractivity contribution is -0.134. The summed E-state index contributed by atoms with van der Waals surface area (Å²) in [7, 11) is 0. The maximum atomic E-state index is 14.2. The zero-order valence-corrected chi connectivity index (χ0v) is 24.6. The molecule has 0 radical (unpaired) electrons. The molecule has 0 bridgehead atoms. The van der Waals surface area contributed by atoms with Gasteiger partial charge in [-0.05, 0) is 76.9 Å². The third kappa shape index (κ3) is 5.14. The largest absolute Gasteiger partial charge is 0.487 e. The van der Waals surface area contributed by atoms with Crippen molar-refractivity contribution in [2.45, 2.75) is 96.2 Å². The lowest BCUT2D eigenvalue weighted by atomic mass is 9.81. The Labute approximate surface area is 239 Å². The van der Waals surface area contributed by atoms with Gasteiger partial charge in [-0.15, -0.1) is 0 Å². The minimum atomic E-state index is -1.15. The van der Waals surface area contributed by atoms with E-state index < -0.39 is 46.7 Å². The molecule has 4 atom stereocenters. The molecule has 2 aromatic rings. The first-order valence-corrected chi connectivity index (χ1v) is 14.0. The molecule has 41 heavy (non-hydrogen) atoms. The van der Waals surface area contributed by atoms with Gasteiger partial charge in [-0.25, -0.2) is 4.39 Å². The summed E-state index contributed by atoms with van der Waals surface area (Å²) in [5, 5.41) is 26.0. The number of ether oxygens (including phenoxy) is 2. The van der Waals surface area contributed by atoms with Crippen LogP contribution in [0.1, 0.15) is 94.9 Å². The van der Waals surface area contributed by atoms with Crippen LogP contribution < -0.4 is 20.1 Å². The van der Waals surface area contributed by atoms with Crippen LogP contribution in [0.4, 0.5) is 4.39 Å². The van der Waals surface area contributed by atoms with E-state index >= 15 is 0 Å². The molecule has 10 heteroatoms. The van der Waals surface area contributed by atoms with Crippen LogP contribution in [0.15, 0.2) is 36.4 Å². The van der Waals surface area contributed by atoms with Crippen LogP contribution in [0.2, 0.25) is 0 Å². The van der Waals surface area contributed by atoms with E-state index in [1.54, 1.807) is 32.0 Å². The van der Waals surface area contributed by atoms with Gasteiger partial charge in [0.2, 0.25) is 5.91 Å². The Morgan fingerprint density at radius 3 is 2.41 bits per heavy atom. The molecule has 2 aromatic carbocycles. The molecule has 1 saturated heterocycles. The highest BCUT2D eigenvalue weighted by molar-refractivity contribution is 6.00. The highest BCUT2D eigenvalue weighted by Gasteiger charge is 2.47. The minimum Gasteiger partial charge on any atom is -0.487 e. The van der Waals surface area contributed by atoms with Gasteiger partial charge in [0.15, 0.2) is 5.96 Å². The Kier molecular flexibility index (Phi) is 6.84. The number of halogens is 1. The molecule has 3 heterocycles. The second-order valence-corrected chi connectivity index (χ2v) is 13.1. The third-order valence-electron chi connectivity index (χ3n) is 8.71. The van der Waals surface area contributed by atoms with Crippen LogP contribution in [-0.2, 0) is 4.79 Å². The van der Waals surface area contributed by atoms with Gasteiger partial charge >= 0.3 is 0 Å². The number of guanidine groups is 1. The predicted molar refractivity (Wildman–Crippen MR) is 151 cm³/mol. The van der Waals surface area contributed by atoms with Crippen molar-refractivity contribution in [3.8, 4) is 11.5 Å². The molecule has 5 rings (SSSR count). The summed E-state index contributed by atoms with van der Waals surface area (Å²) in [5.41, 5.74) is -0.948. The zero-order chi connectivity index (χ0) is 30.1. The van der Waals surface area contributed by atoms with Crippen molar-refractivity contribution in [3.63, 3.8) is 0 Å². The van der Waals surface area contributed by atoms with Crippen molar-refractivity contribution < 1.29 is 28.6 Å². The van der Waals surface area contributed by atoms with Gasteiger partial charge in [-0.1, -0.05) is 13.8 Å². The molecular formula is C31H39FN4O5. The number of aliphatic hydroxyl groups is 1. The number of amides is 2. The number of aliphatic hydroxyl groups excluding tert-OH is 1. The molecule has 0 aromatic heterocycles. The maximum Gasteiger partial charge on any atom is 0.251 e. The monoisotopic (exact) mass is 566 g/mol. The van der Waals surface area contributed by atoms with E-state index in [4.69, 9.17) is 14.9 Å². The van der Waals surface area contributed by atoms with Crippen LogP contribution in [0.5, 0.6) is 11.5 Å². The summed E-state index contributed by atoms with van der Waals surface area (Å²) in [4.78, 5) is 28.6. The molecule has 0 saturated carbocycles. The predicted octanol–water partition coefficient (Wildman–Crippen LogP) is 4.60. The summed E-state index contributed by atoms with van der Waals surface area (Å²) < 4.78 is 26.3. The Balaban J connectivity index is 1.48. The Hall–Kier alpha value is -3.66. The molecule has 2 amide bonds. The Morgan fingerprint density at radius 2 is 1.76 bits per heavy atom. The smallest absolute Gasteiger partial charge is 0.251 e. The first kappa shape index (κ1) is 28.9. The fraction of sp³-hybridized carbons (Fsp3) is 0.516. The Bertz CT molecular complexity index is 1400. The van der Waals surface area contributed by atoms with Gasteiger partial charge in [-0.3, -0.25) is 19.9 Å². The fourth-order valence-corrected chi connectivity index (χ4v) is 5.92. The fourth-order valence-electron chi connectivity index (χ4n) is 5.92. The van der Waals surface area contributed by atoms with Crippen LogP contribution in [0, 0.1) is 17.1 Å². The van der Waals surface area contributed by atoms with Crippen LogP contribution in [0.25, 0.3) is 0 Å². The number of hydrogen-bond acceptors (Lipinski definition) is 6. The number of nitrogens with zero attached hydrogens (tertiary/aromatic N) is 1. The third-order valence-corrected chi connectivity index (χ3v) is 8.71. The summed E-state index contributed by atoms with van der Waals surface area (Å²) in [6, 6.07) is 7.54. The van der Waals surface area contributed by atoms with Gasteiger partial charge in [0.05, 0.1) is 18.5 Å². The van der Waals surface area contributed by atoms with Crippen molar-refractivity contribution in [2.24, 2.45) is 5.92 Å². The van der Waals surface area contributed by atoms with Crippen LogP contribution in [-0.4, -0.2) is 50.6 Å². The topological polar surface area (TPSA) is 124 Å². The lowest BCUT2D eigenvalue weighted by Gasteiger charge is -2.48. The number of rotatable bonds is 4. The SMILES string of the molecule is CC(C)C1(C)CC(=O)N(C2CC(C)(C)Oc3ccc(C(=O)N[C@@H]4c5cc(F)ccc5OC(C)(C)[C@H]4O)cc32)C(=N)N1. The minimum absolute atomic E-state index is 0.0205. The van der Waals surface area contributed by atoms with E-state index in [9.17, 15) is 19.1 Å². The lowest BCUT2D eigenvalue weighted by Crippen LogP contribution is -2.64. The normalized spacial score (nSPS) is 28.1. The van der Waals surface area contributed by atoms with Crippen LogP contribution >= 0.6 is 0 Å². The number of carbonyl (C=O) groups excluding carboxylic acids is 2. The highest BCUT2D eigenvalue weighted by Crippen LogP contribution is 2.45. The average Bonchev–Trinajstić information content (AvgIpc) is 2.85. The maximum absolute atomic E-state index is 14.2. The van der Waals surface area contributed by atoms with E-state index in [-0.39, 0.29) is 29.8 Å². The van der Waals surface area contributed by atoms with Crippen molar-refractivity contribution in [3.05, 3.63) is 58.9 Å². The molecule has 9 nitrogen and oxygen atoms in total. The second-order valence-electron chi connectivity index (χ2n) is 13.1. The van der Waals surface area contributed by atoms with Gasteiger partial charge < -0.3 is 25.2 Å². The second kappa shape index (κ2) is 9.72. The quantitative estimate of drug-likeness (QED) is 0.429. The van der Waals surface area contributed by atoms with E-state index in [0.29, 0.717) is 29.0 Å². The molecule has 3 aliphatic rings. The summed E-state index contributed by atoms with van der Waals surface area (Å²) >= 11 is 0. The first-order valence-electron chi connectivity index (χ1n) is 14.0. The molecule has 3 aliphatic heterocycles. The Morgan fingerprint density at radius 1 is 1.10 bits per heavy atom. The van der Waals surface area contributed by atoms with Crippen molar-refractivity contribution in [2.75, 3.05) is 0 Å². The van der Waals surface area contributed by atoms with E-state index in [1.807, 2.05) is 34.6 Å². The summed E-state index contributed by atoms with van der Waals surface area (Å²) in [6.45, 7) is 13.2. The zero-order valence-electron chi connectivity index (χ0n) is 24.6. The van der Waals surface area contributed by atoms with Gasteiger partial charge in [0, 0.05) is 28.7 Å². The van der Waals surface area contributed by atoms with Gasteiger partial charge in [0.25, 0.3) is 5.91 Å². The van der Waals surface area contributed by atoms with E-state index in [2.05, 4.69) is 10.6 Å². The van der Waals surface area contributed by atoms with Crippen molar-refractivity contribution in [1.29, 1.82) is 5.41 Å². The van der Waals surface area contributed by atoms with Crippen molar-refractivity contribution >= 4 is 17.8 Å².